The molecule has 0 radical (unpaired) electrons. The molecule has 1 atom stereocenters. The van der Waals surface area contributed by atoms with Crippen LogP contribution >= 0.6 is 35.0 Å². The molecule has 3 rings (SSSR count). The molecule has 134 valence electrons. The van der Waals surface area contributed by atoms with Gasteiger partial charge in [-0.3, -0.25) is 14.4 Å². The third kappa shape index (κ3) is 4.38. The van der Waals surface area contributed by atoms with Crippen LogP contribution in [0.5, 0.6) is 0 Å². The highest BCUT2D eigenvalue weighted by atomic mass is 35.5. The molecule has 2 aromatic carbocycles. The van der Waals surface area contributed by atoms with Gasteiger partial charge in [-0.25, -0.2) is 4.90 Å². The lowest BCUT2D eigenvalue weighted by molar-refractivity contribution is -0.121. The summed E-state index contributed by atoms with van der Waals surface area (Å²) in [6.45, 7) is 0. The van der Waals surface area contributed by atoms with Crippen LogP contribution in [0.15, 0.2) is 48.5 Å². The monoisotopic (exact) mass is 408 g/mol. The number of carbonyl (C=O) groups excluding carboxylic acids is 3. The number of rotatable bonds is 5. The van der Waals surface area contributed by atoms with Crippen molar-refractivity contribution in [2.24, 2.45) is 0 Å². The van der Waals surface area contributed by atoms with Gasteiger partial charge in [0.25, 0.3) is 0 Å². The Morgan fingerprint density at radius 2 is 1.81 bits per heavy atom. The molecule has 0 unspecified atom stereocenters. The molecular formula is C18H14Cl2N2O3S. The van der Waals surface area contributed by atoms with Gasteiger partial charge in [0, 0.05) is 22.2 Å². The van der Waals surface area contributed by atoms with E-state index >= 15 is 0 Å². The first-order valence-corrected chi connectivity index (χ1v) is 9.54. The van der Waals surface area contributed by atoms with Crippen LogP contribution in [0, 0.1) is 0 Å². The smallest absolute Gasteiger partial charge is 0.247 e. The minimum absolute atomic E-state index is 0.0551. The van der Waals surface area contributed by atoms with Crippen molar-refractivity contribution in [3.63, 3.8) is 0 Å². The van der Waals surface area contributed by atoms with E-state index in [9.17, 15) is 14.4 Å². The molecule has 0 aromatic heterocycles. The molecule has 1 fully saturated rings. The van der Waals surface area contributed by atoms with Crippen molar-refractivity contribution in [2.45, 2.75) is 11.7 Å². The van der Waals surface area contributed by atoms with Gasteiger partial charge < -0.3 is 5.32 Å². The summed E-state index contributed by atoms with van der Waals surface area (Å²) in [7, 11) is 0. The maximum absolute atomic E-state index is 12.5. The van der Waals surface area contributed by atoms with E-state index in [4.69, 9.17) is 23.2 Å². The minimum Gasteiger partial charge on any atom is -0.325 e. The number of benzene rings is 2. The second-order valence-corrected chi connectivity index (χ2v) is 7.67. The van der Waals surface area contributed by atoms with Gasteiger partial charge in [-0.05, 0) is 36.4 Å². The van der Waals surface area contributed by atoms with Gasteiger partial charge in [0.1, 0.15) is 0 Å². The number of hydrogen-bond acceptors (Lipinski definition) is 4. The highest BCUT2D eigenvalue weighted by molar-refractivity contribution is 8.01. The molecule has 1 heterocycles. The fourth-order valence-corrected chi connectivity index (χ4v) is 3.87. The summed E-state index contributed by atoms with van der Waals surface area (Å²) in [5.74, 6) is -0.846. The molecule has 1 N–H and O–H groups in total. The van der Waals surface area contributed by atoms with E-state index in [1.165, 1.54) is 0 Å². The lowest BCUT2D eigenvalue weighted by atomic mass is 10.3. The molecule has 0 aliphatic carbocycles. The number of anilines is 2. The van der Waals surface area contributed by atoms with E-state index in [1.54, 1.807) is 48.5 Å². The number of imide groups is 1. The molecule has 8 heteroatoms. The summed E-state index contributed by atoms with van der Waals surface area (Å²) in [4.78, 5) is 37.9. The molecule has 26 heavy (non-hydrogen) atoms. The first-order chi connectivity index (χ1) is 12.4. The zero-order valence-electron chi connectivity index (χ0n) is 13.4. The van der Waals surface area contributed by atoms with Crippen LogP contribution in [0.1, 0.15) is 6.42 Å². The van der Waals surface area contributed by atoms with Gasteiger partial charge in [0.15, 0.2) is 0 Å². The van der Waals surface area contributed by atoms with Crippen molar-refractivity contribution in [1.29, 1.82) is 0 Å². The van der Waals surface area contributed by atoms with Crippen LogP contribution < -0.4 is 10.2 Å². The normalized spacial score (nSPS) is 16.8. The molecule has 3 amide bonds. The quantitative estimate of drug-likeness (QED) is 0.759. The third-order valence-electron chi connectivity index (χ3n) is 3.70. The van der Waals surface area contributed by atoms with Crippen molar-refractivity contribution in [3.05, 3.63) is 58.6 Å². The maximum atomic E-state index is 12.5. The first-order valence-electron chi connectivity index (χ1n) is 7.73. The Labute approximate surface area is 164 Å². The zero-order chi connectivity index (χ0) is 18.7. The predicted molar refractivity (Wildman–Crippen MR) is 105 cm³/mol. The van der Waals surface area contributed by atoms with Crippen LogP contribution in [0.2, 0.25) is 10.0 Å². The van der Waals surface area contributed by atoms with Crippen molar-refractivity contribution >= 4 is 64.1 Å². The number of hydrogen-bond donors (Lipinski definition) is 1. The van der Waals surface area contributed by atoms with E-state index in [0.717, 1.165) is 16.7 Å². The van der Waals surface area contributed by atoms with E-state index in [1.807, 2.05) is 0 Å². The van der Waals surface area contributed by atoms with Gasteiger partial charge in [0.05, 0.1) is 16.7 Å². The fourth-order valence-electron chi connectivity index (χ4n) is 2.56. The summed E-state index contributed by atoms with van der Waals surface area (Å²) in [5.41, 5.74) is 1.02. The van der Waals surface area contributed by atoms with Crippen LogP contribution in [-0.4, -0.2) is 28.7 Å². The number of thioether (sulfide) groups is 1. The number of amides is 3. The number of nitrogens with one attached hydrogen (secondary N) is 1. The molecule has 0 spiro atoms. The summed E-state index contributed by atoms with van der Waals surface area (Å²) in [6, 6.07) is 13.4. The highest BCUT2D eigenvalue weighted by Crippen LogP contribution is 2.31. The molecule has 0 bridgehead atoms. The summed E-state index contributed by atoms with van der Waals surface area (Å²) in [6.07, 6.45) is 0.0560. The Kier molecular flexibility index (Phi) is 5.86. The van der Waals surface area contributed by atoms with Crippen molar-refractivity contribution in [1.82, 2.24) is 0 Å². The number of halogens is 2. The molecule has 1 aliphatic rings. The standard InChI is InChI=1S/C18H14Cl2N2O3S/c19-11-3-1-5-13(7-11)21-16(23)10-26-15-9-17(24)22(18(15)25)14-6-2-4-12(20)8-14/h1-8,15H,9-10H2,(H,21,23)/t15-/m1/s1. The SMILES string of the molecule is O=C(CS[C@@H]1CC(=O)N(c2cccc(Cl)c2)C1=O)Nc1cccc(Cl)c1. The average molecular weight is 409 g/mol. The lowest BCUT2D eigenvalue weighted by Gasteiger charge is -2.15. The average Bonchev–Trinajstić information content (AvgIpc) is 2.87. The van der Waals surface area contributed by atoms with Gasteiger partial charge in [-0.1, -0.05) is 35.3 Å². The van der Waals surface area contributed by atoms with E-state index < -0.39 is 5.25 Å². The van der Waals surface area contributed by atoms with Crippen molar-refractivity contribution in [3.8, 4) is 0 Å². The second-order valence-electron chi connectivity index (χ2n) is 5.61. The largest absolute Gasteiger partial charge is 0.325 e. The van der Waals surface area contributed by atoms with Gasteiger partial charge in [0.2, 0.25) is 17.7 Å². The number of nitrogens with zero attached hydrogens (tertiary/aromatic N) is 1. The van der Waals surface area contributed by atoms with Crippen LogP contribution in [-0.2, 0) is 14.4 Å². The molecular weight excluding hydrogens is 395 g/mol. The van der Waals surface area contributed by atoms with Crippen LogP contribution in [0.25, 0.3) is 0 Å². The summed E-state index contributed by atoms with van der Waals surface area (Å²) < 4.78 is 0. The second kappa shape index (κ2) is 8.12. The zero-order valence-corrected chi connectivity index (χ0v) is 15.8. The van der Waals surface area contributed by atoms with Gasteiger partial charge in [-0.15, -0.1) is 11.8 Å². The Hall–Kier alpha value is -2.02. The van der Waals surface area contributed by atoms with E-state index in [0.29, 0.717) is 21.4 Å². The summed E-state index contributed by atoms with van der Waals surface area (Å²) >= 11 is 12.9. The van der Waals surface area contributed by atoms with Crippen molar-refractivity contribution in [2.75, 3.05) is 16.0 Å². The predicted octanol–water partition coefficient (Wildman–Crippen LogP) is 4.00. The highest BCUT2D eigenvalue weighted by Gasteiger charge is 2.40. The van der Waals surface area contributed by atoms with Gasteiger partial charge >= 0.3 is 0 Å². The summed E-state index contributed by atoms with van der Waals surface area (Å²) in [5, 5.41) is 3.08. The minimum atomic E-state index is -0.591. The van der Waals surface area contributed by atoms with Crippen LogP contribution in [0.3, 0.4) is 0 Å². The fraction of sp³-hybridized carbons (Fsp3) is 0.167. The topological polar surface area (TPSA) is 66.5 Å². The Morgan fingerprint density at radius 1 is 1.12 bits per heavy atom. The van der Waals surface area contributed by atoms with Gasteiger partial charge in [-0.2, -0.15) is 0 Å². The number of carbonyl (C=O) groups is 3. The molecule has 5 nitrogen and oxygen atoms in total. The molecule has 2 aromatic rings. The lowest BCUT2D eigenvalue weighted by Crippen LogP contribution is -2.31. The van der Waals surface area contributed by atoms with E-state index in [2.05, 4.69) is 5.32 Å². The Balaban J connectivity index is 1.60. The molecule has 1 saturated heterocycles. The van der Waals surface area contributed by atoms with E-state index in [-0.39, 0.29) is 29.9 Å². The first kappa shape index (κ1) is 18.8. The Morgan fingerprint density at radius 3 is 2.50 bits per heavy atom. The molecule has 1 aliphatic heterocycles. The maximum Gasteiger partial charge on any atom is 0.247 e. The molecule has 0 saturated carbocycles. The van der Waals surface area contributed by atoms with Crippen molar-refractivity contribution < 1.29 is 14.4 Å². The Bertz CT molecular complexity index is 875. The van der Waals surface area contributed by atoms with Crippen LogP contribution in [0.4, 0.5) is 11.4 Å². The third-order valence-corrected chi connectivity index (χ3v) is 5.37.